The van der Waals surface area contributed by atoms with E-state index >= 15 is 0 Å². The molecular weight excluding hydrogens is 464 g/mol. The number of cyclic esters (lactones) is 2. The second-order valence-electron chi connectivity index (χ2n) is 11.6. The SMILES string of the molecule is CC[C@H](/C=C1\OC(=O)C2=C[C@@H]3CC[C@@]21[C@H]1C2=C(CC[C@@H]31)C(=CC[C@H](C)CO)OC2=O)Cc1ccccc1. The second-order valence-corrected chi connectivity index (χ2v) is 11.6. The van der Waals surface area contributed by atoms with Crippen molar-refractivity contribution in [3.8, 4) is 0 Å². The lowest BCUT2D eigenvalue weighted by atomic mass is 9.46. The average Bonchev–Trinajstić information content (AvgIpc) is 3.41. The molecular formula is C32H36O5. The third-order valence-electron chi connectivity index (χ3n) is 9.46. The molecule has 4 aliphatic carbocycles. The van der Waals surface area contributed by atoms with E-state index in [1.165, 1.54) is 5.56 Å². The number of ether oxygens (including phenoxy) is 2. The summed E-state index contributed by atoms with van der Waals surface area (Å²) in [5, 5.41) is 9.45. The molecule has 1 aromatic rings. The number of fused-ring (bicyclic) bond motifs is 1. The lowest BCUT2D eigenvalue weighted by Gasteiger charge is -2.54. The van der Waals surface area contributed by atoms with Crippen molar-refractivity contribution < 1.29 is 24.2 Å². The summed E-state index contributed by atoms with van der Waals surface area (Å²) < 4.78 is 11.9. The van der Waals surface area contributed by atoms with Crippen LogP contribution in [0.4, 0.5) is 0 Å². The van der Waals surface area contributed by atoms with Gasteiger partial charge in [0.2, 0.25) is 0 Å². The number of benzene rings is 1. The van der Waals surface area contributed by atoms with Gasteiger partial charge in [-0.15, -0.1) is 0 Å². The smallest absolute Gasteiger partial charge is 0.340 e. The van der Waals surface area contributed by atoms with Crippen LogP contribution in [0.25, 0.3) is 0 Å². The van der Waals surface area contributed by atoms with Gasteiger partial charge in [-0.25, -0.2) is 9.59 Å². The van der Waals surface area contributed by atoms with E-state index in [2.05, 4.69) is 43.3 Å². The van der Waals surface area contributed by atoms with Gasteiger partial charge in [0.1, 0.15) is 11.5 Å². The molecule has 2 heterocycles. The van der Waals surface area contributed by atoms with Crippen LogP contribution in [-0.2, 0) is 25.5 Å². The molecule has 194 valence electrons. The van der Waals surface area contributed by atoms with Crippen molar-refractivity contribution in [1.29, 1.82) is 0 Å². The Morgan fingerprint density at radius 3 is 2.70 bits per heavy atom. The van der Waals surface area contributed by atoms with Crippen molar-refractivity contribution in [2.45, 2.75) is 58.8 Å². The zero-order valence-electron chi connectivity index (χ0n) is 21.7. The molecule has 0 unspecified atom stereocenters. The number of hydrogen-bond donors (Lipinski definition) is 1. The quantitative estimate of drug-likeness (QED) is 0.478. The highest BCUT2D eigenvalue weighted by Gasteiger charge is 2.66. The molecule has 1 saturated heterocycles. The van der Waals surface area contributed by atoms with Gasteiger partial charge in [-0.05, 0) is 86.3 Å². The Morgan fingerprint density at radius 1 is 1.14 bits per heavy atom. The Hall–Kier alpha value is -2.92. The van der Waals surface area contributed by atoms with Crippen LogP contribution in [0, 0.1) is 35.0 Å². The molecule has 1 aromatic carbocycles. The van der Waals surface area contributed by atoms with Crippen LogP contribution < -0.4 is 0 Å². The number of carbonyl (C=O) groups is 2. The summed E-state index contributed by atoms with van der Waals surface area (Å²) in [7, 11) is 0. The van der Waals surface area contributed by atoms with Gasteiger partial charge >= 0.3 is 11.9 Å². The van der Waals surface area contributed by atoms with Gasteiger partial charge in [0, 0.05) is 29.2 Å². The summed E-state index contributed by atoms with van der Waals surface area (Å²) in [5.41, 5.74) is 3.23. The molecule has 1 saturated carbocycles. The number of aliphatic hydroxyl groups is 1. The third kappa shape index (κ3) is 3.85. The third-order valence-corrected chi connectivity index (χ3v) is 9.46. The largest absolute Gasteiger partial charge is 0.427 e. The van der Waals surface area contributed by atoms with Crippen molar-refractivity contribution in [3.63, 3.8) is 0 Å². The van der Waals surface area contributed by atoms with Crippen LogP contribution in [0.3, 0.4) is 0 Å². The Balaban J connectivity index is 1.42. The van der Waals surface area contributed by atoms with Gasteiger partial charge in [0.15, 0.2) is 0 Å². The van der Waals surface area contributed by atoms with E-state index in [-0.39, 0.29) is 36.3 Å². The summed E-state index contributed by atoms with van der Waals surface area (Å²) in [6.45, 7) is 4.26. The molecule has 6 aliphatic rings. The van der Waals surface area contributed by atoms with Crippen LogP contribution in [-0.4, -0.2) is 23.7 Å². The maximum atomic E-state index is 13.4. The maximum Gasteiger partial charge on any atom is 0.340 e. The van der Waals surface area contributed by atoms with E-state index in [0.717, 1.165) is 61.0 Å². The fourth-order valence-electron chi connectivity index (χ4n) is 7.53. The van der Waals surface area contributed by atoms with Crippen LogP contribution in [0.2, 0.25) is 0 Å². The summed E-state index contributed by atoms with van der Waals surface area (Å²) >= 11 is 0. The minimum atomic E-state index is -0.575. The first kappa shape index (κ1) is 24.4. The fraction of sp³-hybridized carbons (Fsp3) is 0.500. The molecule has 5 heteroatoms. The second kappa shape index (κ2) is 9.43. The van der Waals surface area contributed by atoms with Gasteiger partial charge < -0.3 is 14.6 Å². The summed E-state index contributed by atoms with van der Waals surface area (Å²) in [5.74, 6) is 1.78. The number of carbonyl (C=O) groups excluding carboxylic acids is 2. The number of aliphatic hydroxyl groups excluding tert-OH is 1. The maximum absolute atomic E-state index is 13.4. The van der Waals surface area contributed by atoms with Gasteiger partial charge in [0.25, 0.3) is 0 Å². The summed E-state index contributed by atoms with van der Waals surface area (Å²) in [6, 6.07) is 10.4. The molecule has 1 spiro atoms. The van der Waals surface area contributed by atoms with Crippen LogP contribution in [0.15, 0.2) is 76.8 Å². The van der Waals surface area contributed by atoms with Crippen molar-refractivity contribution in [2.75, 3.05) is 6.61 Å². The predicted octanol–water partition coefficient (Wildman–Crippen LogP) is 5.81. The zero-order chi connectivity index (χ0) is 25.7. The standard InChI is InChI=1S/C32H36O5/c1-3-20(15-21-7-5-4-6-8-21)16-27-32-14-13-22(17-25(32)30(34)37-27)23-10-11-24-26(12-9-19(2)18-33)36-31(35)28(24)29(23)32/h4-8,12,16-17,19-20,22-23,29,33H,3,9-11,13-15,18H2,1-2H3/b26-12?,27-16-/t19-,20-,22-,23-,29+,32+/m0/s1. The fourth-order valence-corrected chi connectivity index (χ4v) is 7.53. The number of rotatable bonds is 7. The molecule has 2 bridgehead atoms. The first-order valence-corrected chi connectivity index (χ1v) is 13.9. The minimum Gasteiger partial charge on any atom is -0.427 e. The van der Waals surface area contributed by atoms with E-state index in [9.17, 15) is 14.7 Å². The first-order valence-electron chi connectivity index (χ1n) is 13.9. The van der Waals surface area contributed by atoms with Crippen LogP contribution in [0.1, 0.15) is 57.9 Å². The molecule has 7 rings (SSSR count). The molecule has 0 aromatic heterocycles. The predicted molar refractivity (Wildman–Crippen MR) is 140 cm³/mol. The van der Waals surface area contributed by atoms with Crippen molar-refractivity contribution in [3.05, 3.63) is 82.4 Å². The Labute approximate surface area is 218 Å². The van der Waals surface area contributed by atoms with E-state index < -0.39 is 5.41 Å². The zero-order valence-corrected chi connectivity index (χ0v) is 21.7. The number of allylic oxidation sites excluding steroid dienone is 5. The Kier molecular flexibility index (Phi) is 6.22. The van der Waals surface area contributed by atoms with E-state index in [4.69, 9.17) is 9.47 Å². The average molecular weight is 501 g/mol. The molecule has 5 nitrogen and oxygen atoms in total. The summed E-state index contributed by atoms with van der Waals surface area (Å²) in [4.78, 5) is 26.7. The molecule has 37 heavy (non-hydrogen) atoms. The van der Waals surface area contributed by atoms with Gasteiger partial charge in [-0.3, -0.25) is 0 Å². The highest BCUT2D eigenvalue weighted by molar-refractivity contribution is 5.99. The van der Waals surface area contributed by atoms with Crippen LogP contribution >= 0.6 is 0 Å². The normalized spacial score (nSPS) is 33.6. The number of hydrogen-bond acceptors (Lipinski definition) is 5. The first-order chi connectivity index (χ1) is 18.0. The highest BCUT2D eigenvalue weighted by Crippen LogP contribution is 2.68. The molecule has 2 fully saturated rings. The molecule has 2 aliphatic heterocycles. The molecule has 0 amide bonds. The van der Waals surface area contributed by atoms with Gasteiger partial charge in [0.05, 0.1) is 5.41 Å². The number of esters is 2. The van der Waals surface area contributed by atoms with E-state index in [1.807, 2.05) is 19.1 Å². The Bertz CT molecular complexity index is 1230. The molecule has 0 radical (unpaired) electrons. The van der Waals surface area contributed by atoms with Crippen LogP contribution in [0.5, 0.6) is 0 Å². The molecule has 6 atom stereocenters. The lowest BCUT2D eigenvalue weighted by Crippen LogP contribution is -2.50. The van der Waals surface area contributed by atoms with E-state index in [0.29, 0.717) is 24.0 Å². The topological polar surface area (TPSA) is 72.8 Å². The minimum absolute atomic E-state index is 0.0874. The molecule has 1 N–H and O–H groups in total. The van der Waals surface area contributed by atoms with Crippen molar-refractivity contribution in [1.82, 2.24) is 0 Å². The Morgan fingerprint density at radius 2 is 1.95 bits per heavy atom. The van der Waals surface area contributed by atoms with E-state index in [1.54, 1.807) is 0 Å². The summed E-state index contributed by atoms with van der Waals surface area (Å²) in [6.07, 6.45) is 12.5. The van der Waals surface area contributed by atoms with Gasteiger partial charge in [-0.1, -0.05) is 50.3 Å². The van der Waals surface area contributed by atoms with Gasteiger partial charge in [-0.2, -0.15) is 0 Å². The monoisotopic (exact) mass is 500 g/mol. The lowest BCUT2D eigenvalue weighted by molar-refractivity contribution is -0.135. The highest BCUT2D eigenvalue weighted by atomic mass is 16.5. The van der Waals surface area contributed by atoms with Crippen molar-refractivity contribution >= 4 is 11.9 Å². The van der Waals surface area contributed by atoms with Crippen molar-refractivity contribution in [2.24, 2.45) is 35.0 Å².